The number of benzene rings is 1. The molecule has 0 radical (unpaired) electrons. The summed E-state index contributed by atoms with van der Waals surface area (Å²) in [5.74, 6) is 1.66. The van der Waals surface area contributed by atoms with E-state index >= 15 is 0 Å². The maximum absolute atomic E-state index is 13.0. The fourth-order valence-electron chi connectivity index (χ4n) is 4.21. The lowest BCUT2D eigenvalue weighted by Crippen LogP contribution is -2.17. The number of imidazole rings is 1. The van der Waals surface area contributed by atoms with Crippen LogP contribution in [0.5, 0.6) is 0 Å². The average molecular weight is 477 g/mol. The molecule has 0 aliphatic heterocycles. The van der Waals surface area contributed by atoms with Gasteiger partial charge in [0.05, 0.1) is 5.56 Å². The first kappa shape index (κ1) is 22.8. The molecular weight excluding hydrogens is 455 g/mol. The summed E-state index contributed by atoms with van der Waals surface area (Å²) in [5, 5.41) is 12.8. The van der Waals surface area contributed by atoms with Gasteiger partial charge in [-0.05, 0) is 42.2 Å². The monoisotopic (exact) mass is 477 g/mol. The van der Waals surface area contributed by atoms with Gasteiger partial charge in [0.15, 0.2) is 17.3 Å². The molecule has 3 heterocycles. The van der Waals surface area contributed by atoms with Crippen LogP contribution < -0.4 is 5.32 Å². The number of anilines is 1. The molecular formula is C25H22F3N7. The van der Waals surface area contributed by atoms with Crippen molar-refractivity contribution in [1.82, 2.24) is 24.5 Å². The van der Waals surface area contributed by atoms with Gasteiger partial charge in [-0.2, -0.15) is 28.4 Å². The molecule has 4 aromatic rings. The van der Waals surface area contributed by atoms with Crippen LogP contribution in [0.2, 0.25) is 0 Å². The van der Waals surface area contributed by atoms with Gasteiger partial charge in [0, 0.05) is 19.3 Å². The Morgan fingerprint density at radius 3 is 2.49 bits per heavy atom. The van der Waals surface area contributed by atoms with Gasteiger partial charge in [0.1, 0.15) is 17.3 Å². The van der Waals surface area contributed by atoms with Crippen molar-refractivity contribution in [3.63, 3.8) is 0 Å². The molecule has 1 fully saturated rings. The van der Waals surface area contributed by atoms with Gasteiger partial charge in [-0.15, -0.1) is 0 Å². The topological polar surface area (TPSA) is 92.3 Å². The quantitative estimate of drug-likeness (QED) is 0.382. The molecule has 0 atom stereocenters. The average Bonchev–Trinajstić information content (AvgIpc) is 3.19. The third-order valence-corrected chi connectivity index (χ3v) is 6.29. The standard InChI is InChI=1S/C25H22F3N7/c26-25(27,28)18-9-7-17(8-10-18)15-35-21-22(31-13-11-16-4-3-5-16)32-20(14-29)33-23(21)34-24(35)19-6-1-2-12-30-19/h1-2,6-10,12,16H,3-5,11,13,15H2,(H,31,32,33). The van der Waals surface area contributed by atoms with Gasteiger partial charge >= 0.3 is 6.18 Å². The van der Waals surface area contributed by atoms with Crippen LogP contribution in [0.4, 0.5) is 19.0 Å². The van der Waals surface area contributed by atoms with Crippen molar-refractivity contribution in [3.05, 3.63) is 65.6 Å². The Balaban J connectivity index is 1.59. The molecule has 3 aromatic heterocycles. The van der Waals surface area contributed by atoms with Crippen molar-refractivity contribution < 1.29 is 13.2 Å². The molecule has 10 heteroatoms. The van der Waals surface area contributed by atoms with Gasteiger partial charge in [-0.25, -0.2) is 4.98 Å². The highest BCUT2D eigenvalue weighted by atomic mass is 19.4. The van der Waals surface area contributed by atoms with Crippen LogP contribution in [0.3, 0.4) is 0 Å². The molecule has 7 nitrogen and oxygen atoms in total. The molecule has 0 saturated heterocycles. The fourth-order valence-corrected chi connectivity index (χ4v) is 4.21. The number of nitrogens with one attached hydrogen (secondary N) is 1. The highest BCUT2D eigenvalue weighted by Crippen LogP contribution is 2.32. The third-order valence-electron chi connectivity index (χ3n) is 6.29. The first-order chi connectivity index (χ1) is 16.9. The summed E-state index contributed by atoms with van der Waals surface area (Å²) < 4.78 is 41.0. The zero-order valence-corrected chi connectivity index (χ0v) is 18.8. The normalized spacial score (nSPS) is 14.0. The van der Waals surface area contributed by atoms with Crippen LogP contribution in [0.25, 0.3) is 22.7 Å². The summed E-state index contributed by atoms with van der Waals surface area (Å²) in [6, 6.07) is 12.4. The summed E-state index contributed by atoms with van der Waals surface area (Å²) in [5.41, 5.74) is 1.44. The lowest BCUT2D eigenvalue weighted by Gasteiger charge is -2.25. The van der Waals surface area contributed by atoms with E-state index in [0.717, 1.165) is 18.6 Å². The number of rotatable bonds is 7. The van der Waals surface area contributed by atoms with E-state index in [1.165, 1.54) is 31.4 Å². The predicted molar refractivity (Wildman–Crippen MR) is 124 cm³/mol. The fraction of sp³-hybridized carbons (Fsp3) is 0.320. The van der Waals surface area contributed by atoms with Crippen molar-refractivity contribution in [1.29, 1.82) is 5.26 Å². The molecule has 1 N–H and O–H groups in total. The van der Waals surface area contributed by atoms with Crippen molar-refractivity contribution in [2.75, 3.05) is 11.9 Å². The lowest BCUT2D eigenvalue weighted by molar-refractivity contribution is -0.137. The molecule has 1 aliphatic rings. The van der Waals surface area contributed by atoms with Crippen LogP contribution in [0, 0.1) is 17.2 Å². The zero-order chi connectivity index (χ0) is 24.4. The summed E-state index contributed by atoms with van der Waals surface area (Å²) in [6.45, 7) is 0.916. The second kappa shape index (κ2) is 9.33. The van der Waals surface area contributed by atoms with Gasteiger partial charge < -0.3 is 9.88 Å². The van der Waals surface area contributed by atoms with E-state index in [2.05, 4.69) is 25.3 Å². The van der Waals surface area contributed by atoms with Crippen LogP contribution >= 0.6 is 0 Å². The van der Waals surface area contributed by atoms with E-state index in [1.54, 1.807) is 18.3 Å². The molecule has 0 amide bonds. The van der Waals surface area contributed by atoms with Crippen molar-refractivity contribution in [3.8, 4) is 17.6 Å². The molecule has 1 saturated carbocycles. The molecule has 178 valence electrons. The first-order valence-electron chi connectivity index (χ1n) is 11.4. The molecule has 0 spiro atoms. The Bertz CT molecular complexity index is 1370. The maximum atomic E-state index is 13.0. The maximum Gasteiger partial charge on any atom is 0.416 e. The van der Waals surface area contributed by atoms with Crippen LogP contribution in [-0.2, 0) is 12.7 Å². The van der Waals surface area contributed by atoms with E-state index in [0.29, 0.717) is 46.5 Å². The highest BCUT2D eigenvalue weighted by molar-refractivity contribution is 5.87. The molecule has 1 aliphatic carbocycles. The number of hydrogen-bond acceptors (Lipinski definition) is 6. The number of alkyl halides is 3. The summed E-state index contributed by atoms with van der Waals surface area (Å²) >= 11 is 0. The van der Waals surface area contributed by atoms with E-state index in [-0.39, 0.29) is 12.4 Å². The molecule has 0 unspecified atom stereocenters. The van der Waals surface area contributed by atoms with Crippen LogP contribution in [0.15, 0.2) is 48.7 Å². The Labute approximate surface area is 199 Å². The first-order valence-corrected chi connectivity index (χ1v) is 11.4. The van der Waals surface area contributed by atoms with Crippen molar-refractivity contribution in [2.24, 2.45) is 5.92 Å². The number of aromatic nitrogens is 5. The second-order valence-corrected chi connectivity index (χ2v) is 8.62. The molecule has 1 aromatic carbocycles. The zero-order valence-electron chi connectivity index (χ0n) is 18.8. The van der Waals surface area contributed by atoms with Gasteiger partial charge in [-0.1, -0.05) is 37.5 Å². The van der Waals surface area contributed by atoms with Gasteiger partial charge in [0.25, 0.3) is 0 Å². The number of nitriles is 1. The second-order valence-electron chi connectivity index (χ2n) is 8.62. The number of fused-ring (bicyclic) bond motifs is 1. The minimum atomic E-state index is -4.40. The SMILES string of the molecule is N#Cc1nc(NCCC2CCC2)c2c(n1)nc(-c1ccccn1)n2Cc1ccc(C(F)(F)F)cc1. The minimum absolute atomic E-state index is 0.00426. The third kappa shape index (κ3) is 4.80. The Kier molecular flexibility index (Phi) is 6.07. The van der Waals surface area contributed by atoms with Crippen LogP contribution in [0.1, 0.15) is 42.6 Å². The van der Waals surface area contributed by atoms with Gasteiger partial charge in [0.2, 0.25) is 5.82 Å². The van der Waals surface area contributed by atoms with E-state index < -0.39 is 11.7 Å². The van der Waals surface area contributed by atoms with E-state index in [4.69, 9.17) is 0 Å². The number of halogens is 3. The largest absolute Gasteiger partial charge is 0.416 e. The molecule has 35 heavy (non-hydrogen) atoms. The Morgan fingerprint density at radius 2 is 1.86 bits per heavy atom. The molecule has 5 rings (SSSR count). The Morgan fingerprint density at radius 1 is 1.06 bits per heavy atom. The summed E-state index contributed by atoms with van der Waals surface area (Å²) in [7, 11) is 0. The van der Waals surface area contributed by atoms with Crippen LogP contribution in [-0.4, -0.2) is 31.0 Å². The van der Waals surface area contributed by atoms with Crippen molar-refractivity contribution >= 4 is 17.0 Å². The van der Waals surface area contributed by atoms with E-state index in [9.17, 15) is 18.4 Å². The summed E-state index contributed by atoms with van der Waals surface area (Å²) in [4.78, 5) is 17.8. The Hall–Kier alpha value is -4.00. The smallest absolute Gasteiger partial charge is 0.368 e. The number of nitrogens with zero attached hydrogens (tertiary/aromatic N) is 6. The molecule has 0 bridgehead atoms. The predicted octanol–water partition coefficient (Wildman–Crippen LogP) is 5.43. The lowest BCUT2D eigenvalue weighted by atomic mass is 9.83. The summed E-state index contributed by atoms with van der Waals surface area (Å²) in [6.07, 6.45) is 1.93. The highest BCUT2D eigenvalue weighted by Gasteiger charge is 2.30. The number of hydrogen-bond donors (Lipinski definition) is 1. The number of pyridine rings is 1. The van der Waals surface area contributed by atoms with E-state index in [1.807, 2.05) is 16.7 Å². The van der Waals surface area contributed by atoms with Gasteiger partial charge in [-0.3, -0.25) is 4.98 Å². The minimum Gasteiger partial charge on any atom is -0.368 e. The van der Waals surface area contributed by atoms with Crippen molar-refractivity contribution in [2.45, 2.75) is 38.4 Å².